The van der Waals surface area contributed by atoms with Crippen molar-refractivity contribution in [3.63, 3.8) is 0 Å². The van der Waals surface area contributed by atoms with Gasteiger partial charge in [0.25, 0.3) is 5.92 Å². The van der Waals surface area contributed by atoms with E-state index in [1.807, 2.05) is 0 Å². The molecule has 1 aliphatic carbocycles. The minimum atomic E-state index is -2.63. The predicted molar refractivity (Wildman–Crippen MR) is 40.6 cm³/mol. The van der Waals surface area contributed by atoms with Crippen LogP contribution in [0, 0.1) is 0 Å². The number of hydrogen-bond donors (Lipinski definition) is 0. The lowest BCUT2D eigenvalue weighted by Crippen LogP contribution is -2.14. The van der Waals surface area contributed by atoms with Crippen LogP contribution in [0.1, 0.15) is 6.42 Å². The van der Waals surface area contributed by atoms with E-state index in [1.165, 1.54) is 6.08 Å². The summed E-state index contributed by atoms with van der Waals surface area (Å²) in [5.74, 6) is -2.63. The largest absolute Gasteiger partial charge is 0.270 e. The summed E-state index contributed by atoms with van der Waals surface area (Å²) < 4.78 is 25.0. The van der Waals surface area contributed by atoms with Crippen molar-refractivity contribution in [1.29, 1.82) is 0 Å². The molecule has 10 heavy (non-hydrogen) atoms. The highest BCUT2D eigenvalue weighted by Crippen LogP contribution is 2.27. The van der Waals surface area contributed by atoms with Crippen LogP contribution in [-0.4, -0.2) is 11.3 Å². The third-order valence-corrected chi connectivity index (χ3v) is 1.92. The monoisotopic (exact) mass is 208 g/mol. The highest BCUT2D eigenvalue weighted by Gasteiger charge is 2.26. The zero-order chi connectivity index (χ0) is 7.61. The van der Waals surface area contributed by atoms with Gasteiger partial charge >= 0.3 is 0 Å². The number of halogens is 3. The quantitative estimate of drug-likeness (QED) is 0.582. The Hall–Kier alpha value is -0.180. The first kappa shape index (κ1) is 7.92. The van der Waals surface area contributed by atoms with Crippen molar-refractivity contribution in [2.75, 3.05) is 5.33 Å². The molecule has 0 saturated carbocycles. The van der Waals surface area contributed by atoms with Crippen molar-refractivity contribution in [2.24, 2.45) is 0 Å². The van der Waals surface area contributed by atoms with Crippen LogP contribution in [0.25, 0.3) is 0 Å². The van der Waals surface area contributed by atoms with Crippen molar-refractivity contribution in [3.8, 4) is 0 Å². The first-order valence-electron chi connectivity index (χ1n) is 2.96. The van der Waals surface area contributed by atoms with Crippen molar-refractivity contribution in [1.82, 2.24) is 0 Å². The molecule has 0 spiro atoms. The van der Waals surface area contributed by atoms with Crippen molar-refractivity contribution in [2.45, 2.75) is 12.3 Å². The molecule has 0 radical (unpaired) electrons. The first-order chi connectivity index (χ1) is 4.64. The fourth-order valence-corrected chi connectivity index (χ4v) is 1.18. The summed E-state index contributed by atoms with van der Waals surface area (Å²) in [4.78, 5) is 0. The van der Waals surface area contributed by atoms with Crippen molar-refractivity contribution < 1.29 is 8.78 Å². The normalized spacial score (nSPS) is 22.5. The summed E-state index contributed by atoms with van der Waals surface area (Å²) in [5, 5.41) is 0.499. The summed E-state index contributed by atoms with van der Waals surface area (Å²) >= 11 is 3.11. The summed E-state index contributed by atoms with van der Waals surface area (Å²) in [7, 11) is 0. The Kier molecular flexibility index (Phi) is 2.24. The van der Waals surface area contributed by atoms with Crippen LogP contribution in [0.3, 0.4) is 0 Å². The molecule has 56 valence electrons. The molecule has 0 bridgehead atoms. The maximum atomic E-state index is 12.5. The minimum absolute atomic E-state index is 0.163. The van der Waals surface area contributed by atoms with Crippen LogP contribution in [0.5, 0.6) is 0 Å². The molecule has 0 unspecified atom stereocenters. The van der Waals surface area contributed by atoms with Crippen LogP contribution in [0.15, 0.2) is 23.8 Å². The fraction of sp³-hybridized carbons (Fsp3) is 0.429. The van der Waals surface area contributed by atoms with Gasteiger partial charge in [-0.15, -0.1) is 0 Å². The molecule has 1 rings (SSSR count). The van der Waals surface area contributed by atoms with Crippen LogP contribution in [0.2, 0.25) is 0 Å². The molecule has 1 aliphatic rings. The molecule has 3 heteroatoms. The van der Waals surface area contributed by atoms with E-state index < -0.39 is 5.92 Å². The number of hydrogen-bond acceptors (Lipinski definition) is 0. The lowest BCUT2D eigenvalue weighted by atomic mass is 10.1. The Morgan fingerprint density at radius 1 is 1.60 bits per heavy atom. The SMILES string of the molecule is FC1(F)C=C(CBr)C=CC1. The second-order valence-corrected chi connectivity index (χ2v) is 2.78. The highest BCUT2D eigenvalue weighted by molar-refractivity contribution is 9.09. The Morgan fingerprint density at radius 2 is 2.30 bits per heavy atom. The number of alkyl halides is 3. The zero-order valence-corrected chi connectivity index (χ0v) is 6.87. The molecule has 0 fully saturated rings. The van der Waals surface area contributed by atoms with Gasteiger partial charge < -0.3 is 0 Å². The number of rotatable bonds is 1. The van der Waals surface area contributed by atoms with E-state index in [2.05, 4.69) is 15.9 Å². The van der Waals surface area contributed by atoms with Gasteiger partial charge in [-0.25, -0.2) is 8.78 Å². The van der Waals surface area contributed by atoms with E-state index in [9.17, 15) is 8.78 Å². The Morgan fingerprint density at radius 3 is 2.70 bits per heavy atom. The van der Waals surface area contributed by atoms with Gasteiger partial charge in [-0.05, 0) is 11.6 Å². The summed E-state index contributed by atoms with van der Waals surface area (Å²) in [6.07, 6.45) is 4.05. The van der Waals surface area contributed by atoms with Gasteiger partial charge in [-0.1, -0.05) is 28.1 Å². The maximum absolute atomic E-state index is 12.5. The average Bonchev–Trinajstić information content (AvgIpc) is 1.86. The Balaban J connectivity index is 2.75. The van der Waals surface area contributed by atoms with Crippen LogP contribution < -0.4 is 0 Å². The van der Waals surface area contributed by atoms with E-state index in [1.54, 1.807) is 6.08 Å². The van der Waals surface area contributed by atoms with E-state index in [-0.39, 0.29) is 6.42 Å². The maximum Gasteiger partial charge on any atom is 0.270 e. The molecule has 0 aromatic carbocycles. The van der Waals surface area contributed by atoms with Crippen LogP contribution in [0.4, 0.5) is 8.78 Å². The third kappa shape index (κ3) is 1.90. The summed E-state index contributed by atoms with van der Waals surface area (Å²) in [6, 6.07) is 0. The Labute approximate surface area is 66.7 Å². The van der Waals surface area contributed by atoms with Crippen LogP contribution >= 0.6 is 15.9 Å². The second kappa shape index (κ2) is 2.82. The van der Waals surface area contributed by atoms with E-state index in [0.717, 1.165) is 6.08 Å². The topological polar surface area (TPSA) is 0 Å². The molecule has 0 atom stereocenters. The molecule has 0 aromatic heterocycles. The predicted octanol–water partition coefficient (Wildman–Crippen LogP) is 2.90. The van der Waals surface area contributed by atoms with Gasteiger partial charge in [0.05, 0.1) is 0 Å². The molecule has 0 aliphatic heterocycles. The lowest BCUT2D eigenvalue weighted by Gasteiger charge is -2.14. The standard InChI is InChI=1S/C7H7BrF2/c8-5-6-2-1-3-7(9,10)4-6/h1-2,4H,3,5H2. The van der Waals surface area contributed by atoms with Crippen LogP contribution in [-0.2, 0) is 0 Å². The molecule has 0 heterocycles. The lowest BCUT2D eigenvalue weighted by molar-refractivity contribution is 0.0568. The summed E-state index contributed by atoms with van der Waals surface area (Å²) in [5.41, 5.74) is 0.649. The van der Waals surface area contributed by atoms with Gasteiger partial charge in [-0.3, -0.25) is 0 Å². The molecule has 0 nitrogen and oxygen atoms in total. The zero-order valence-electron chi connectivity index (χ0n) is 5.28. The van der Waals surface area contributed by atoms with Crippen molar-refractivity contribution in [3.05, 3.63) is 23.8 Å². The molecule has 0 amide bonds. The molecule has 0 saturated heterocycles. The van der Waals surface area contributed by atoms with E-state index in [0.29, 0.717) is 10.9 Å². The highest BCUT2D eigenvalue weighted by atomic mass is 79.9. The van der Waals surface area contributed by atoms with E-state index >= 15 is 0 Å². The fourth-order valence-electron chi connectivity index (χ4n) is 0.829. The summed E-state index contributed by atoms with van der Waals surface area (Å²) in [6.45, 7) is 0. The molecule has 0 N–H and O–H groups in total. The molecular weight excluding hydrogens is 202 g/mol. The van der Waals surface area contributed by atoms with Crippen molar-refractivity contribution >= 4 is 15.9 Å². The third-order valence-electron chi connectivity index (χ3n) is 1.27. The first-order valence-corrected chi connectivity index (χ1v) is 4.08. The van der Waals surface area contributed by atoms with Gasteiger partial charge in [0.2, 0.25) is 0 Å². The smallest absolute Gasteiger partial charge is 0.202 e. The van der Waals surface area contributed by atoms with Gasteiger partial charge in [0.15, 0.2) is 0 Å². The second-order valence-electron chi connectivity index (χ2n) is 2.22. The van der Waals surface area contributed by atoms with Gasteiger partial charge in [-0.2, -0.15) is 0 Å². The molecular formula is C7H7BrF2. The minimum Gasteiger partial charge on any atom is -0.202 e. The van der Waals surface area contributed by atoms with E-state index in [4.69, 9.17) is 0 Å². The average molecular weight is 209 g/mol. The molecule has 0 aromatic rings. The van der Waals surface area contributed by atoms with Gasteiger partial charge in [0, 0.05) is 11.8 Å². The number of allylic oxidation sites excluding steroid dienone is 4. The Bertz CT molecular complexity index is 182. The van der Waals surface area contributed by atoms with Gasteiger partial charge in [0.1, 0.15) is 0 Å².